The van der Waals surface area contributed by atoms with E-state index in [1.807, 2.05) is 11.3 Å². The van der Waals surface area contributed by atoms with Gasteiger partial charge in [-0.05, 0) is 25.5 Å². The molecular weight excluding hydrogens is 298 g/mol. The lowest BCUT2D eigenvalue weighted by molar-refractivity contribution is 0.873. The van der Waals surface area contributed by atoms with Crippen molar-refractivity contribution in [3.05, 3.63) is 54.6 Å². The van der Waals surface area contributed by atoms with E-state index in [0.29, 0.717) is 0 Å². The topological polar surface area (TPSA) is 3.24 Å². The van der Waals surface area contributed by atoms with Gasteiger partial charge in [0.25, 0.3) is 0 Å². The molecule has 0 radical (unpaired) electrons. The molecule has 0 aliphatic heterocycles. The number of nitrogens with zero attached hydrogens (tertiary/aromatic N) is 1. The third-order valence-electron chi connectivity index (χ3n) is 3.68. The van der Waals surface area contributed by atoms with Gasteiger partial charge in [-0.25, -0.2) is 0 Å². The summed E-state index contributed by atoms with van der Waals surface area (Å²) in [4.78, 5) is 3.84. The lowest BCUT2D eigenvalue weighted by atomic mass is 10.1. The van der Waals surface area contributed by atoms with Crippen LogP contribution in [0.2, 0.25) is 0 Å². The van der Waals surface area contributed by atoms with Gasteiger partial charge >= 0.3 is 0 Å². The molecule has 3 aromatic rings. The van der Waals surface area contributed by atoms with Gasteiger partial charge in [0.2, 0.25) is 0 Å². The Labute approximate surface area is 136 Å². The van der Waals surface area contributed by atoms with Gasteiger partial charge in [-0.3, -0.25) is 0 Å². The molecule has 1 aromatic heterocycles. The Morgan fingerprint density at radius 3 is 2.14 bits per heavy atom. The Hall–Kier alpha value is -1.51. The minimum Gasteiger partial charge on any atom is -0.370 e. The fraction of sp³-hybridized carbons (Fsp3) is 0.222. The highest BCUT2D eigenvalue weighted by atomic mass is 35.5. The standard InChI is InChI=1S/C18H19NS.ClH/c1-3-19(4-2)17-15-12-8-9-13-16(15)20-18(17)14-10-6-5-7-11-14;/h5-13H,3-4H2,1-2H3;1H. The second kappa shape index (κ2) is 6.97. The first kappa shape index (κ1) is 15.9. The first-order valence-electron chi connectivity index (χ1n) is 7.17. The van der Waals surface area contributed by atoms with Crippen molar-refractivity contribution in [2.45, 2.75) is 13.8 Å². The SMILES string of the molecule is CCN(CC)c1c(-c2ccccc2)sc2ccccc12.Cl. The summed E-state index contributed by atoms with van der Waals surface area (Å²) in [6, 6.07) is 19.4. The highest BCUT2D eigenvalue weighted by molar-refractivity contribution is 7.23. The lowest BCUT2D eigenvalue weighted by Gasteiger charge is -2.22. The number of thiophene rings is 1. The Kier molecular flexibility index (Phi) is 5.27. The van der Waals surface area contributed by atoms with E-state index in [0.717, 1.165) is 13.1 Å². The molecule has 0 amide bonds. The van der Waals surface area contributed by atoms with Crippen LogP contribution in [0.5, 0.6) is 0 Å². The van der Waals surface area contributed by atoms with E-state index >= 15 is 0 Å². The van der Waals surface area contributed by atoms with Gasteiger partial charge in [0, 0.05) is 23.2 Å². The number of fused-ring (bicyclic) bond motifs is 1. The van der Waals surface area contributed by atoms with Crippen LogP contribution in [0.4, 0.5) is 5.69 Å². The summed E-state index contributed by atoms with van der Waals surface area (Å²) in [5.74, 6) is 0. The summed E-state index contributed by atoms with van der Waals surface area (Å²) in [6.07, 6.45) is 0. The van der Waals surface area contributed by atoms with Crippen LogP contribution < -0.4 is 4.90 Å². The van der Waals surface area contributed by atoms with Crippen molar-refractivity contribution in [1.82, 2.24) is 0 Å². The van der Waals surface area contributed by atoms with E-state index < -0.39 is 0 Å². The lowest BCUT2D eigenvalue weighted by Crippen LogP contribution is -2.21. The Morgan fingerprint density at radius 2 is 1.48 bits per heavy atom. The summed E-state index contributed by atoms with van der Waals surface area (Å²) in [7, 11) is 0. The first-order chi connectivity index (χ1) is 9.85. The Balaban J connectivity index is 0.00000161. The summed E-state index contributed by atoms with van der Waals surface area (Å²) >= 11 is 1.89. The van der Waals surface area contributed by atoms with Crippen molar-refractivity contribution in [2.24, 2.45) is 0 Å². The fourth-order valence-electron chi connectivity index (χ4n) is 2.67. The van der Waals surface area contributed by atoms with E-state index in [9.17, 15) is 0 Å². The molecule has 110 valence electrons. The van der Waals surface area contributed by atoms with Crippen LogP contribution in [-0.4, -0.2) is 13.1 Å². The predicted molar refractivity (Wildman–Crippen MR) is 98.1 cm³/mol. The molecule has 0 saturated carbocycles. The molecule has 0 N–H and O–H groups in total. The van der Waals surface area contributed by atoms with E-state index in [-0.39, 0.29) is 12.4 Å². The molecule has 1 nitrogen and oxygen atoms in total. The summed E-state index contributed by atoms with van der Waals surface area (Å²) < 4.78 is 1.37. The fourth-order valence-corrected chi connectivity index (χ4v) is 3.90. The molecule has 2 aromatic carbocycles. The van der Waals surface area contributed by atoms with Crippen molar-refractivity contribution >= 4 is 39.5 Å². The van der Waals surface area contributed by atoms with Crippen LogP contribution in [0, 0.1) is 0 Å². The first-order valence-corrected chi connectivity index (χ1v) is 7.98. The van der Waals surface area contributed by atoms with E-state index in [2.05, 4.69) is 73.3 Å². The molecule has 0 saturated heterocycles. The summed E-state index contributed by atoms with van der Waals surface area (Å²) in [5, 5.41) is 1.38. The second-order valence-electron chi connectivity index (χ2n) is 4.81. The minimum absolute atomic E-state index is 0. The van der Waals surface area contributed by atoms with Crippen LogP contribution in [0.15, 0.2) is 54.6 Å². The molecular formula is C18H20ClNS. The zero-order chi connectivity index (χ0) is 13.9. The molecule has 0 atom stereocenters. The zero-order valence-electron chi connectivity index (χ0n) is 12.4. The van der Waals surface area contributed by atoms with Gasteiger partial charge in [0.15, 0.2) is 0 Å². The van der Waals surface area contributed by atoms with E-state index in [1.54, 1.807) is 0 Å². The highest BCUT2D eigenvalue weighted by Gasteiger charge is 2.17. The summed E-state index contributed by atoms with van der Waals surface area (Å²) in [6.45, 7) is 6.53. The van der Waals surface area contributed by atoms with Crippen LogP contribution in [0.25, 0.3) is 20.5 Å². The Morgan fingerprint density at radius 1 is 0.857 bits per heavy atom. The van der Waals surface area contributed by atoms with Gasteiger partial charge in [0.1, 0.15) is 0 Å². The Bertz CT molecular complexity index is 702. The molecule has 0 unspecified atom stereocenters. The van der Waals surface area contributed by atoms with Crippen LogP contribution in [0.1, 0.15) is 13.8 Å². The van der Waals surface area contributed by atoms with Gasteiger partial charge in [0.05, 0.1) is 10.6 Å². The third kappa shape index (κ3) is 2.92. The van der Waals surface area contributed by atoms with Crippen LogP contribution >= 0.6 is 23.7 Å². The van der Waals surface area contributed by atoms with Crippen molar-refractivity contribution < 1.29 is 0 Å². The second-order valence-corrected chi connectivity index (χ2v) is 5.87. The smallest absolute Gasteiger partial charge is 0.0635 e. The monoisotopic (exact) mass is 317 g/mol. The number of halogens is 1. The maximum Gasteiger partial charge on any atom is 0.0635 e. The average Bonchev–Trinajstić information content (AvgIpc) is 2.89. The quantitative estimate of drug-likeness (QED) is 0.584. The number of benzene rings is 2. The molecule has 0 bridgehead atoms. The van der Waals surface area contributed by atoms with Crippen LogP contribution in [-0.2, 0) is 0 Å². The molecule has 0 fully saturated rings. The van der Waals surface area contributed by atoms with Gasteiger partial charge in [-0.2, -0.15) is 0 Å². The van der Waals surface area contributed by atoms with Crippen molar-refractivity contribution in [1.29, 1.82) is 0 Å². The van der Waals surface area contributed by atoms with Crippen molar-refractivity contribution in [3.63, 3.8) is 0 Å². The largest absolute Gasteiger partial charge is 0.370 e. The molecule has 0 spiro atoms. The van der Waals surface area contributed by atoms with E-state index in [1.165, 1.54) is 26.2 Å². The molecule has 0 aliphatic carbocycles. The van der Waals surface area contributed by atoms with Crippen LogP contribution in [0.3, 0.4) is 0 Å². The predicted octanol–water partition coefficient (Wildman–Crippen LogP) is 5.84. The van der Waals surface area contributed by atoms with E-state index in [4.69, 9.17) is 0 Å². The average molecular weight is 318 g/mol. The number of hydrogen-bond donors (Lipinski definition) is 0. The summed E-state index contributed by atoms with van der Waals surface area (Å²) in [5.41, 5.74) is 2.71. The van der Waals surface area contributed by atoms with Gasteiger partial charge < -0.3 is 4.90 Å². The van der Waals surface area contributed by atoms with Crippen molar-refractivity contribution in [2.75, 3.05) is 18.0 Å². The molecule has 21 heavy (non-hydrogen) atoms. The van der Waals surface area contributed by atoms with Gasteiger partial charge in [-0.1, -0.05) is 48.5 Å². The number of hydrogen-bond acceptors (Lipinski definition) is 2. The maximum atomic E-state index is 2.46. The molecule has 3 rings (SSSR count). The number of rotatable bonds is 4. The maximum absolute atomic E-state index is 2.46. The molecule has 1 heterocycles. The van der Waals surface area contributed by atoms with Gasteiger partial charge in [-0.15, -0.1) is 23.7 Å². The third-order valence-corrected chi connectivity index (χ3v) is 4.89. The molecule has 3 heteroatoms. The molecule has 0 aliphatic rings. The number of anilines is 1. The normalized spacial score (nSPS) is 10.4. The highest BCUT2D eigenvalue weighted by Crippen LogP contribution is 2.44. The zero-order valence-corrected chi connectivity index (χ0v) is 14.0. The minimum atomic E-state index is 0. The van der Waals surface area contributed by atoms with Crippen molar-refractivity contribution in [3.8, 4) is 10.4 Å².